The second-order valence-corrected chi connectivity index (χ2v) is 7.87. The molecule has 1 fully saturated rings. The van der Waals surface area contributed by atoms with Gasteiger partial charge in [-0.05, 0) is 49.7 Å². The van der Waals surface area contributed by atoms with Crippen LogP contribution < -0.4 is 0 Å². The van der Waals surface area contributed by atoms with Crippen molar-refractivity contribution in [2.45, 2.75) is 23.1 Å². The lowest BCUT2D eigenvalue weighted by Gasteiger charge is -2.20. The molecule has 1 aliphatic rings. The first-order valence-electron chi connectivity index (χ1n) is 8.33. The second kappa shape index (κ2) is 7.40. The number of carboxylic acid groups (broad SMARTS) is 1. The summed E-state index contributed by atoms with van der Waals surface area (Å²) in [6, 6.07) is 13.3. The lowest BCUT2D eigenvalue weighted by molar-refractivity contribution is -0.384. The minimum absolute atomic E-state index is 0.0410. The number of non-ortho nitro benzene ring substituents is 1. The summed E-state index contributed by atoms with van der Waals surface area (Å²) in [6.45, 7) is 2.30. The van der Waals surface area contributed by atoms with E-state index in [1.165, 1.54) is 23.9 Å². The van der Waals surface area contributed by atoms with Crippen molar-refractivity contribution in [1.82, 2.24) is 4.90 Å². The van der Waals surface area contributed by atoms with Crippen LogP contribution in [-0.2, 0) is 4.79 Å². The van der Waals surface area contributed by atoms with Crippen LogP contribution in [0.5, 0.6) is 0 Å². The Morgan fingerprint density at radius 1 is 1.11 bits per heavy atom. The van der Waals surface area contributed by atoms with E-state index in [-0.39, 0.29) is 18.1 Å². The van der Waals surface area contributed by atoms with Gasteiger partial charge in [0, 0.05) is 40.6 Å². The summed E-state index contributed by atoms with van der Waals surface area (Å²) in [6.07, 6.45) is 0.447. The zero-order valence-electron chi connectivity index (χ0n) is 14.6. The molecule has 1 atom stereocenters. The molecule has 0 spiro atoms. The molecule has 27 heavy (non-hydrogen) atoms. The molecule has 1 N–H and O–H groups in total. The molecule has 0 aliphatic carbocycles. The van der Waals surface area contributed by atoms with Crippen LogP contribution in [0, 0.1) is 15.5 Å². The predicted octanol–water partition coefficient (Wildman–Crippen LogP) is 3.68. The molecule has 1 saturated heterocycles. The second-order valence-electron chi connectivity index (χ2n) is 6.72. The van der Waals surface area contributed by atoms with Crippen molar-refractivity contribution in [3.63, 3.8) is 0 Å². The summed E-state index contributed by atoms with van der Waals surface area (Å²) in [5, 5.41) is 20.0. The van der Waals surface area contributed by atoms with E-state index in [2.05, 4.69) is 0 Å². The molecule has 1 aliphatic heterocycles. The van der Waals surface area contributed by atoms with E-state index in [1.54, 1.807) is 36.1 Å². The molecular formula is C19H18N2O5S. The number of benzene rings is 2. The maximum absolute atomic E-state index is 12.6. The van der Waals surface area contributed by atoms with Gasteiger partial charge in [0.2, 0.25) is 0 Å². The van der Waals surface area contributed by atoms with Gasteiger partial charge in [-0.1, -0.05) is 11.8 Å². The number of rotatable bonds is 5. The first kappa shape index (κ1) is 18.9. The Morgan fingerprint density at radius 3 is 2.15 bits per heavy atom. The molecule has 7 nitrogen and oxygen atoms in total. The van der Waals surface area contributed by atoms with Crippen molar-refractivity contribution in [3.05, 3.63) is 64.2 Å². The average molecular weight is 386 g/mol. The van der Waals surface area contributed by atoms with Crippen LogP contribution in [0.3, 0.4) is 0 Å². The molecule has 3 rings (SSSR count). The highest BCUT2D eigenvalue weighted by atomic mass is 32.2. The maximum atomic E-state index is 12.6. The minimum atomic E-state index is -0.888. The third-order valence-corrected chi connectivity index (χ3v) is 5.68. The maximum Gasteiger partial charge on any atom is 0.311 e. The molecule has 140 valence electrons. The Balaban J connectivity index is 1.66. The quantitative estimate of drug-likeness (QED) is 0.621. The first-order valence-corrected chi connectivity index (χ1v) is 9.15. The molecule has 0 aromatic heterocycles. The molecule has 8 heteroatoms. The fourth-order valence-corrected chi connectivity index (χ4v) is 3.75. The van der Waals surface area contributed by atoms with Gasteiger partial charge in [0.05, 0.1) is 10.3 Å². The molecular weight excluding hydrogens is 368 g/mol. The summed E-state index contributed by atoms with van der Waals surface area (Å²) in [7, 11) is 0. The van der Waals surface area contributed by atoms with Gasteiger partial charge in [0.25, 0.3) is 11.6 Å². The number of nitro groups is 1. The van der Waals surface area contributed by atoms with E-state index >= 15 is 0 Å². The summed E-state index contributed by atoms with van der Waals surface area (Å²) in [5.41, 5.74) is -0.335. The van der Waals surface area contributed by atoms with Crippen LogP contribution in [0.15, 0.2) is 58.3 Å². The molecule has 1 amide bonds. The molecule has 2 aromatic carbocycles. The molecule has 0 saturated carbocycles. The van der Waals surface area contributed by atoms with Gasteiger partial charge in [-0.2, -0.15) is 0 Å². The first-order chi connectivity index (χ1) is 12.8. The van der Waals surface area contributed by atoms with E-state index < -0.39 is 16.3 Å². The van der Waals surface area contributed by atoms with Crippen LogP contribution in [0.1, 0.15) is 23.7 Å². The number of hydrogen-bond acceptors (Lipinski definition) is 5. The zero-order chi connectivity index (χ0) is 19.6. The number of carbonyl (C=O) groups is 2. The molecule has 2 aromatic rings. The molecule has 1 unspecified atom stereocenters. The van der Waals surface area contributed by atoms with Gasteiger partial charge < -0.3 is 10.0 Å². The highest BCUT2D eigenvalue weighted by Gasteiger charge is 2.42. The van der Waals surface area contributed by atoms with E-state index in [9.17, 15) is 24.8 Å². The van der Waals surface area contributed by atoms with Crippen LogP contribution in [0.2, 0.25) is 0 Å². The number of nitrogens with zero attached hydrogens (tertiary/aromatic N) is 2. The molecule has 0 bridgehead atoms. The van der Waals surface area contributed by atoms with Crippen molar-refractivity contribution in [2.24, 2.45) is 5.41 Å². The summed E-state index contributed by atoms with van der Waals surface area (Å²) < 4.78 is 0. The van der Waals surface area contributed by atoms with Crippen LogP contribution in [0.4, 0.5) is 5.69 Å². The highest BCUT2D eigenvalue weighted by Crippen LogP contribution is 2.32. The fourth-order valence-electron chi connectivity index (χ4n) is 2.93. The van der Waals surface area contributed by atoms with Crippen molar-refractivity contribution >= 4 is 29.3 Å². The molecule has 0 radical (unpaired) electrons. The van der Waals surface area contributed by atoms with Crippen LogP contribution in [0.25, 0.3) is 0 Å². The lowest BCUT2D eigenvalue weighted by atomic mass is 9.90. The number of amides is 1. The van der Waals surface area contributed by atoms with Gasteiger partial charge in [-0.3, -0.25) is 19.7 Å². The SMILES string of the molecule is CC1(C(=O)O)CCN(C(=O)c2ccc(Sc3ccc([N+](=O)[O-])cc3)cc2)C1. The smallest absolute Gasteiger partial charge is 0.311 e. The van der Waals surface area contributed by atoms with Crippen molar-refractivity contribution in [1.29, 1.82) is 0 Å². The summed E-state index contributed by atoms with van der Waals surface area (Å²) in [5.74, 6) is -1.06. The van der Waals surface area contributed by atoms with Gasteiger partial charge in [0.1, 0.15) is 0 Å². The zero-order valence-corrected chi connectivity index (χ0v) is 15.4. The standard InChI is InChI=1S/C19H18N2O5S/c1-19(18(23)24)10-11-20(12-19)17(22)13-2-6-15(7-3-13)27-16-8-4-14(5-9-16)21(25)26/h2-9H,10-12H2,1H3,(H,23,24). The monoisotopic (exact) mass is 386 g/mol. The topological polar surface area (TPSA) is 101 Å². The van der Waals surface area contributed by atoms with E-state index in [1.807, 2.05) is 12.1 Å². The Kier molecular flexibility index (Phi) is 5.18. The summed E-state index contributed by atoms with van der Waals surface area (Å²) in [4.78, 5) is 37.5. The lowest BCUT2D eigenvalue weighted by Crippen LogP contribution is -2.34. The number of aliphatic carboxylic acids is 1. The van der Waals surface area contributed by atoms with Gasteiger partial charge in [0.15, 0.2) is 0 Å². The predicted molar refractivity (Wildman–Crippen MR) is 99.9 cm³/mol. The number of nitro benzene ring substituents is 1. The van der Waals surface area contributed by atoms with E-state index in [0.717, 1.165) is 9.79 Å². The van der Waals surface area contributed by atoms with Gasteiger partial charge in [-0.15, -0.1) is 0 Å². The average Bonchev–Trinajstić information content (AvgIpc) is 3.06. The highest BCUT2D eigenvalue weighted by molar-refractivity contribution is 7.99. The van der Waals surface area contributed by atoms with Crippen LogP contribution >= 0.6 is 11.8 Å². The van der Waals surface area contributed by atoms with Gasteiger partial charge >= 0.3 is 5.97 Å². The largest absolute Gasteiger partial charge is 0.481 e. The van der Waals surface area contributed by atoms with Crippen LogP contribution in [-0.4, -0.2) is 39.9 Å². The number of carboxylic acids is 1. The Hall–Kier alpha value is -2.87. The number of carbonyl (C=O) groups excluding carboxylic acids is 1. The Bertz CT molecular complexity index is 882. The van der Waals surface area contributed by atoms with E-state index in [4.69, 9.17) is 0 Å². The summed E-state index contributed by atoms with van der Waals surface area (Å²) >= 11 is 1.44. The van der Waals surface area contributed by atoms with Crippen molar-refractivity contribution in [2.75, 3.05) is 13.1 Å². The normalized spacial score (nSPS) is 19.1. The van der Waals surface area contributed by atoms with Crippen molar-refractivity contribution in [3.8, 4) is 0 Å². The fraction of sp³-hybridized carbons (Fsp3) is 0.263. The number of hydrogen-bond donors (Lipinski definition) is 1. The van der Waals surface area contributed by atoms with Gasteiger partial charge in [-0.25, -0.2) is 0 Å². The minimum Gasteiger partial charge on any atom is -0.481 e. The van der Waals surface area contributed by atoms with E-state index in [0.29, 0.717) is 18.5 Å². The third-order valence-electron chi connectivity index (χ3n) is 4.66. The number of likely N-dealkylation sites (tertiary alicyclic amines) is 1. The van der Waals surface area contributed by atoms with Crippen molar-refractivity contribution < 1.29 is 19.6 Å². The Labute approximate surface area is 160 Å². The third kappa shape index (κ3) is 4.11. The Morgan fingerprint density at radius 2 is 1.67 bits per heavy atom. The molecule has 1 heterocycles.